The molecule has 3 heterocycles. The van der Waals surface area contributed by atoms with Gasteiger partial charge in [0.1, 0.15) is 11.6 Å². The first-order valence-corrected chi connectivity index (χ1v) is 14.5. The molecule has 1 atom stereocenters. The lowest BCUT2D eigenvalue weighted by atomic mass is 9.94. The number of hydrogen-bond donors (Lipinski definition) is 0. The highest BCUT2D eigenvalue weighted by atomic mass is 16.3. The van der Waals surface area contributed by atoms with Crippen LogP contribution in [0.2, 0.25) is 0 Å². The molecule has 0 spiro atoms. The van der Waals surface area contributed by atoms with Gasteiger partial charge in [0.2, 0.25) is 0 Å². The average molecular weight is 541 g/mol. The lowest BCUT2D eigenvalue weighted by Gasteiger charge is -2.25. The third kappa shape index (κ3) is 5.66. The minimum Gasteiger partial charge on any atom is -0.465 e. The van der Waals surface area contributed by atoms with Crippen molar-refractivity contribution in [1.82, 2.24) is 4.98 Å². The van der Waals surface area contributed by atoms with Gasteiger partial charge in [0.15, 0.2) is 0 Å². The van der Waals surface area contributed by atoms with Gasteiger partial charge in [-0.25, -0.2) is 9.99 Å². The summed E-state index contributed by atoms with van der Waals surface area (Å²) in [5, 5.41) is 8.59. The molecule has 0 amide bonds. The van der Waals surface area contributed by atoms with Crippen molar-refractivity contribution in [2.24, 2.45) is 5.10 Å². The topological polar surface area (TPSA) is 44.9 Å². The second-order valence-corrected chi connectivity index (χ2v) is 10.5. The Morgan fingerprint density at radius 2 is 1.68 bits per heavy atom. The van der Waals surface area contributed by atoms with E-state index in [1.54, 1.807) is 6.26 Å². The van der Waals surface area contributed by atoms with Crippen molar-refractivity contribution in [3.63, 3.8) is 0 Å². The number of furan rings is 1. The summed E-state index contributed by atoms with van der Waals surface area (Å²) in [7, 11) is 0. The summed E-state index contributed by atoms with van der Waals surface area (Å²) in [5.41, 5.74) is 8.09. The smallest absolute Gasteiger partial charge is 0.150 e. The van der Waals surface area contributed by atoms with Crippen molar-refractivity contribution in [1.29, 1.82) is 0 Å². The molecule has 5 aromatic rings. The van der Waals surface area contributed by atoms with Gasteiger partial charge in [-0.2, -0.15) is 5.10 Å². The lowest BCUT2D eigenvalue weighted by Crippen LogP contribution is -2.22. The molecule has 206 valence electrons. The summed E-state index contributed by atoms with van der Waals surface area (Å²) < 4.78 is 5.74. The van der Waals surface area contributed by atoms with Crippen LogP contribution >= 0.6 is 0 Å². The van der Waals surface area contributed by atoms with Crippen molar-refractivity contribution in [3.05, 3.63) is 131 Å². The molecule has 2 aromatic heterocycles. The van der Waals surface area contributed by atoms with E-state index in [1.807, 2.05) is 18.2 Å². The first-order chi connectivity index (χ1) is 20.1. The van der Waals surface area contributed by atoms with Crippen molar-refractivity contribution in [2.75, 3.05) is 23.0 Å². The molecule has 5 nitrogen and oxygen atoms in total. The standard InChI is InChI=1S/C36H36N4O/c1-4-39(5-2)30-19-17-28(18-20-30)35-25-34(29(24-31-14-11-21-41-31)23-27-12-7-6-8-13-27)38-40(35)36-22-26(3)32-15-9-10-16-33(32)37-36/h6-22,24,35H,4-5,23,25H2,1-3H3. The van der Waals surface area contributed by atoms with Crippen LogP contribution in [0.1, 0.15) is 48.8 Å². The molecule has 6 rings (SSSR count). The number of nitrogens with zero attached hydrogens (tertiary/aromatic N) is 4. The molecule has 1 aliphatic rings. The van der Waals surface area contributed by atoms with Gasteiger partial charge in [0, 0.05) is 30.6 Å². The number of hydrazone groups is 1. The Hall–Kier alpha value is -4.64. The average Bonchev–Trinajstić information content (AvgIpc) is 3.69. The van der Waals surface area contributed by atoms with Crippen molar-refractivity contribution in [3.8, 4) is 0 Å². The van der Waals surface area contributed by atoms with E-state index in [-0.39, 0.29) is 6.04 Å². The molecular formula is C36H36N4O. The quantitative estimate of drug-likeness (QED) is 0.188. The fourth-order valence-corrected chi connectivity index (χ4v) is 5.72. The number of para-hydroxylation sites is 1. The first kappa shape index (κ1) is 26.6. The van der Waals surface area contributed by atoms with E-state index in [4.69, 9.17) is 14.5 Å². The predicted octanol–water partition coefficient (Wildman–Crippen LogP) is 8.62. The summed E-state index contributed by atoms with van der Waals surface area (Å²) in [6.07, 6.45) is 5.40. The van der Waals surface area contributed by atoms with E-state index in [2.05, 4.69) is 116 Å². The van der Waals surface area contributed by atoms with Crippen LogP contribution in [0.15, 0.2) is 118 Å². The third-order valence-electron chi connectivity index (χ3n) is 7.93. The Labute approximate surface area is 242 Å². The fourth-order valence-electron chi connectivity index (χ4n) is 5.72. The zero-order valence-electron chi connectivity index (χ0n) is 24.0. The normalized spacial score (nSPS) is 15.4. The molecule has 0 fully saturated rings. The summed E-state index contributed by atoms with van der Waals surface area (Å²) >= 11 is 0. The molecule has 5 heteroatoms. The Morgan fingerprint density at radius 3 is 2.41 bits per heavy atom. The molecule has 1 unspecified atom stereocenters. The van der Waals surface area contributed by atoms with E-state index in [0.29, 0.717) is 0 Å². The monoisotopic (exact) mass is 540 g/mol. The molecular weight excluding hydrogens is 504 g/mol. The van der Waals surface area contributed by atoms with Crippen LogP contribution in [-0.2, 0) is 6.42 Å². The molecule has 3 aromatic carbocycles. The van der Waals surface area contributed by atoms with Crippen LogP contribution in [-0.4, -0.2) is 23.8 Å². The number of anilines is 2. The third-order valence-corrected chi connectivity index (χ3v) is 7.93. The maximum Gasteiger partial charge on any atom is 0.150 e. The van der Waals surface area contributed by atoms with E-state index >= 15 is 0 Å². The zero-order chi connectivity index (χ0) is 28.2. The minimum absolute atomic E-state index is 0.0274. The minimum atomic E-state index is 0.0274. The molecule has 0 bridgehead atoms. The van der Waals surface area contributed by atoms with Gasteiger partial charge in [-0.05, 0) is 91.9 Å². The van der Waals surface area contributed by atoms with Crippen LogP contribution in [0.25, 0.3) is 17.0 Å². The van der Waals surface area contributed by atoms with Crippen LogP contribution in [0.4, 0.5) is 11.5 Å². The SMILES string of the molecule is CCN(CC)c1ccc(C2CC(C(=Cc3ccco3)Cc3ccccc3)=NN2c2cc(C)c3ccccc3n2)cc1. The van der Waals surface area contributed by atoms with Gasteiger partial charge in [0.25, 0.3) is 0 Å². The highest BCUT2D eigenvalue weighted by Gasteiger charge is 2.32. The highest BCUT2D eigenvalue weighted by Crippen LogP contribution is 2.38. The number of benzene rings is 3. The summed E-state index contributed by atoms with van der Waals surface area (Å²) in [6, 6.07) is 34.0. The number of pyridine rings is 1. The molecule has 0 saturated carbocycles. The number of rotatable bonds is 9. The van der Waals surface area contributed by atoms with E-state index < -0.39 is 0 Å². The van der Waals surface area contributed by atoms with Gasteiger partial charge in [-0.15, -0.1) is 0 Å². The maximum absolute atomic E-state index is 5.74. The number of aromatic nitrogens is 1. The zero-order valence-corrected chi connectivity index (χ0v) is 24.0. The summed E-state index contributed by atoms with van der Waals surface area (Å²) in [6.45, 7) is 8.52. The second-order valence-electron chi connectivity index (χ2n) is 10.5. The largest absolute Gasteiger partial charge is 0.465 e. The van der Waals surface area contributed by atoms with Crippen LogP contribution in [0, 0.1) is 6.92 Å². The Kier molecular flexibility index (Phi) is 7.68. The van der Waals surface area contributed by atoms with E-state index in [0.717, 1.165) is 54.3 Å². The van der Waals surface area contributed by atoms with Crippen LogP contribution in [0.5, 0.6) is 0 Å². The molecule has 0 aliphatic carbocycles. The number of fused-ring (bicyclic) bond motifs is 1. The van der Waals surface area contributed by atoms with Crippen molar-refractivity contribution >= 4 is 34.2 Å². The van der Waals surface area contributed by atoms with E-state index in [9.17, 15) is 0 Å². The van der Waals surface area contributed by atoms with Gasteiger partial charge in [-0.1, -0.05) is 60.7 Å². The molecule has 0 radical (unpaired) electrons. The van der Waals surface area contributed by atoms with Crippen molar-refractivity contribution < 1.29 is 4.42 Å². The lowest BCUT2D eigenvalue weighted by molar-refractivity contribution is 0.556. The van der Waals surface area contributed by atoms with Crippen LogP contribution in [0.3, 0.4) is 0 Å². The van der Waals surface area contributed by atoms with Gasteiger partial charge in [0.05, 0.1) is 23.5 Å². The Balaban J connectivity index is 1.44. The number of allylic oxidation sites excluding steroid dienone is 1. The fraction of sp³-hybridized carbons (Fsp3) is 0.222. The number of aryl methyl sites for hydroxylation is 1. The van der Waals surface area contributed by atoms with Crippen molar-refractivity contribution in [2.45, 2.75) is 39.7 Å². The molecule has 0 saturated heterocycles. The Bertz CT molecular complexity index is 1670. The molecule has 0 N–H and O–H groups in total. The van der Waals surface area contributed by atoms with Gasteiger partial charge >= 0.3 is 0 Å². The summed E-state index contributed by atoms with van der Waals surface area (Å²) in [4.78, 5) is 7.46. The highest BCUT2D eigenvalue weighted by molar-refractivity contribution is 6.06. The molecule has 1 aliphatic heterocycles. The second kappa shape index (κ2) is 11.8. The van der Waals surface area contributed by atoms with E-state index in [1.165, 1.54) is 27.8 Å². The maximum atomic E-state index is 5.74. The first-order valence-electron chi connectivity index (χ1n) is 14.5. The predicted molar refractivity (Wildman–Crippen MR) is 171 cm³/mol. The van der Waals surface area contributed by atoms with Gasteiger partial charge in [-0.3, -0.25) is 0 Å². The number of hydrogen-bond acceptors (Lipinski definition) is 5. The summed E-state index contributed by atoms with van der Waals surface area (Å²) in [5.74, 6) is 1.70. The molecule has 41 heavy (non-hydrogen) atoms. The Morgan fingerprint density at radius 1 is 0.927 bits per heavy atom. The van der Waals surface area contributed by atoms with Gasteiger partial charge < -0.3 is 9.32 Å². The van der Waals surface area contributed by atoms with Crippen LogP contribution < -0.4 is 9.91 Å².